The molecule has 1 nitrogen and oxygen atoms in total. The Kier molecular flexibility index (Phi) is 4.00. The Morgan fingerprint density at radius 2 is 1.79 bits per heavy atom. The smallest absolute Gasteiger partial charge is 0.00903 e. The summed E-state index contributed by atoms with van der Waals surface area (Å²) in [7, 11) is 0. The fraction of sp³-hybridized carbons (Fsp3) is 1.00. The van der Waals surface area contributed by atoms with Crippen LogP contribution >= 0.6 is 0 Å². The fourth-order valence-corrected chi connectivity index (χ4v) is 2.62. The molecule has 1 rings (SSSR count). The molecule has 0 saturated heterocycles. The Morgan fingerprint density at radius 3 is 2.36 bits per heavy atom. The average molecular weight is 197 g/mol. The Morgan fingerprint density at radius 1 is 1.14 bits per heavy atom. The third kappa shape index (κ3) is 3.27. The molecule has 0 radical (unpaired) electrons. The van der Waals surface area contributed by atoms with Gasteiger partial charge in [-0.15, -0.1) is 0 Å². The van der Waals surface area contributed by atoms with E-state index in [2.05, 4.69) is 27.7 Å². The number of hydrogen-bond donors (Lipinski definition) is 1. The molecule has 1 saturated carbocycles. The van der Waals surface area contributed by atoms with E-state index in [4.69, 9.17) is 5.73 Å². The van der Waals surface area contributed by atoms with Crippen molar-refractivity contribution < 1.29 is 0 Å². The van der Waals surface area contributed by atoms with E-state index in [-0.39, 0.29) is 0 Å². The first kappa shape index (κ1) is 12.0. The van der Waals surface area contributed by atoms with Crippen LogP contribution in [0, 0.1) is 17.3 Å². The summed E-state index contributed by atoms with van der Waals surface area (Å²) in [5, 5.41) is 0. The highest BCUT2D eigenvalue weighted by Gasteiger charge is 2.28. The summed E-state index contributed by atoms with van der Waals surface area (Å²) in [6.45, 7) is 9.30. The molecule has 1 fully saturated rings. The zero-order valence-corrected chi connectivity index (χ0v) is 10.3. The summed E-state index contributed by atoms with van der Waals surface area (Å²) in [5.74, 6) is 1.41. The van der Waals surface area contributed by atoms with Crippen molar-refractivity contribution in [1.29, 1.82) is 0 Å². The lowest BCUT2D eigenvalue weighted by atomic mass is 9.82. The normalized spacial score (nSPS) is 30.0. The molecule has 0 heterocycles. The SMILES string of the molecule is CC(C)C(N)C1CCCC(C)(C)CC1. The predicted molar refractivity (Wildman–Crippen MR) is 63.2 cm³/mol. The monoisotopic (exact) mass is 197 g/mol. The highest BCUT2D eigenvalue weighted by atomic mass is 14.7. The van der Waals surface area contributed by atoms with Crippen LogP contribution in [-0.2, 0) is 0 Å². The van der Waals surface area contributed by atoms with Crippen molar-refractivity contribution in [2.24, 2.45) is 23.0 Å². The lowest BCUT2D eigenvalue weighted by molar-refractivity contribution is 0.281. The molecule has 1 heteroatoms. The van der Waals surface area contributed by atoms with Crippen LogP contribution in [0.4, 0.5) is 0 Å². The molecule has 0 amide bonds. The Labute approximate surface area is 89.5 Å². The van der Waals surface area contributed by atoms with Crippen molar-refractivity contribution in [2.45, 2.75) is 65.8 Å². The lowest BCUT2D eigenvalue weighted by Crippen LogP contribution is -2.34. The van der Waals surface area contributed by atoms with E-state index in [1.165, 1.54) is 32.1 Å². The van der Waals surface area contributed by atoms with Crippen LogP contribution in [0.15, 0.2) is 0 Å². The van der Waals surface area contributed by atoms with E-state index in [9.17, 15) is 0 Å². The second kappa shape index (κ2) is 4.65. The first-order chi connectivity index (χ1) is 6.42. The van der Waals surface area contributed by atoms with E-state index in [1.54, 1.807) is 0 Å². The van der Waals surface area contributed by atoms with Crippen molar-refractivity contribution in [3.05, 3.63) is 0 Å². The first-order valence-electron chi connectivity index (χ1n) is 6.18. The molecule has 0 aromatic carbocycles. The minimum Gasteiger partial charge on any atom is -0.327 e. The molecule has 14 heavy (non-hydrogen) atoms. The molecular weight excluding hydrogens is 170 g/mol. The van der Waals surface area contributed by atoms with Crippen molar-refractivity contribution in [2.75, 3.05) is 0 Å². The number of nitrogens with two attached hydrogens (primary N) is 1. The standard InChI is InChI=1S/C13H27N/c1-10(2)12(14)11-6-5-8-13(3,4)9-7-11/h10-12H,5-9,14H2,1-4H3. The van der Waals surface area contributed by atoms with Crippen LogP contribution in [0.5, 0.6) is 0 Å². The summed E-state index contributed by atoms with van der Waals surface area (Å²) in [6, 6.07) is 0.420. The first-order valence-corrected chi connectivity index (χ1v) is 6.18. The summed E-state index contributed by atoms with van der Waals surface area (Å²) in [4.78, 5) is 0. The van der Waals surface area contributed by atoms with E-state index >= 15 is 0 Å². The van der Waals surface area contributed by atoms with E-state index in [0.29, 0.717) is 17.4 Å². The Hall–Kier alpha value is -0.0400. The molecule has 2 atom stereocenters. The largest absolute Gasteiger partial charge is 0.327 e. The molecule has 0 aromatic heterocycles. The van der Waals surface area contributed by atoms with Gasteiger partial charge in [0.15, 0.2) is 0 Å². The minimum absolute atomic E-state index is 0.420. The summed E-state index contributed by atoms with van der Waals surface area (Å²) >= 11 is 0. The molecule has 1 aliphatic carbocycles. The zero-order chi connectivity index (χ0) is 10.8. The van der Waals surface area contributed by atoms with Gasteiger partial charge in [0.2, 0.25) is 0 Å². The van der Waals surface area contributed by atoms with Gasteiger partial charge in [-0.3, -0.25) is 0 Å². The molecule has 2 N–H and O–H groups in total. The molecule has 0 aliphatic heterocycles. The second-order valence-electron chi connectivity index (χ2n) is 6.18. The number of hydrogen-bond acceptors (Lipinski definition) is 1. The van der Waals surface area contributed by atoms with Gasteiger partial charge in [-0.1, -0.05) is 34.1 Å². The van der Waals surface area contributed by atoms with Crippen LogP contribution in [0.25, 0.3) is 0 Å². The highest BCUT2D eigenvalue weighted by molar-refractivity contribution is 4.82. The molecule has 2 unspecified atom stereocenters. The van der Waals surface area contributed by atoms with Crippen molar-refractivity contribution >= 4 is 0 Å². The van der Waals surface area contributed by atoms with Gasteiger partial charge in [-0.05, 0) is 42.9 Å². The van der Waals surface area contributed by atoms with Gasteiger partial charge >= 0.3 is 0 Å². The summed E-state index contributed by atoms with van der Waals surface area (Å²) in [5.41, 5.74) is 6.81. The third-order valence-electron chi connectivity index (χ3n) is 3.93. The zero-order valence-electron chi connectivity index (χ0n) is 10.3. The van der Waals surface area contributed by atoms with Gasteiger partial charge in [-0.2, -0.15) is 0 Å². The van der Waals surface area contributed by atoms with Crippen LogP contribution in [0.3, 0.4) is 0 Å². The quantitative estimate of drug-likeness (QED) is 0.673. The van der Waals surface area contributed by atoms with Gasteiger partial charge in [0.1, 0.15) is 0 Å². The van der Waals surface area contributed by atoms with Crippen LogP contribution < -0.4 is 5.73 Å². The van der Waals surface area contributed by atoms with Gasteiger partial charge in [0.25, 0.3) is 0 Å². The maximum atomic E-state index is 6.25. The summed E-state index contributed by atoms with van der Waals surface area (Å²) in [6.07, 6.45) is 6.81. The van der Waals surface area contributed by atoms with Crippen LogP contribution in [0.1, 0.15) is 59.8 Å². The van der Waals surface area contributed by atoms with Gasteiger partial charge in [0.05, 0.1) is 0 Å². The lowest BCUT2D eigenvalue weighted by Gasteiger charge is -2.26. The third-order valence-corrected chi connectivity index (χ3v) is 3.93. The van der Waals surface area contributed by atoms with Crippen molar-refractivity contribution in [1.82, 2.24) is 0 Å². The Bertz CT molecular complexity index is 172. The molecule has 84 valence electrons. The van der Waals surface area contributed by atoms with Crippen molar-refractivity contribution in [3.8, 4) is 0 Å². The van der Waals surface area contributed by atoms with Crippen LogP contribution in [-0.4, -0.2) is 6.04 Å². The topological polar surface area (TPSA) is 26.0 Å². The minimum atomic E-state index is 0.420. The maximum absolute atomic E-state index is 6.25. The number of rotatable bonds is 2. The molecular formula is C13H27N. The van der Waals surface area contributed by atoms with Crippen molar-refractivity contribution in [3.63, 3.8) is 0 Å². The van der Waals surface area contributed by atoms with Gasteiger partial charge in [-0.25, -0.2) is 0 Å². The molecule has 0 aromatic rings. The van der Waals surface area contributed by atoms with Gasteiger partial charge in [0, 0.05) is 6.04 Å². The summed E-state index contributed by atoms with van der Waals surface area (Å²) < 4.78 is 0. The molecule has 0 bridgehead atoms. The molecule has 1 aliphatic rings. The predicted octanol–water partition coefficient (Wildman–Crippen LogP) is 3.58. The Balaban J connectivity index is 2.50. The fourth-order valence-electron chi connectivity index (χ4n) is 2.62. The average Bonchev–Trinajstić information content (AvgIpc) is 2.25. The van der Waals surface area contributed by atoms with Crippen LogP contribution in [0.2, 0.25) is 0 Å². The maximum Gasteiger partial charge on any atom is 0.00903 e. The second-order valence-corrected chi connectivity index (χ2v) is 6.18. The van der Waals surface area contributed by atoms with Gasteiger partial charge < -0.3 is 5.73 Å². The molecule has 0 spiro atoms. The van der Waals surface area contributed by atoms with E-state index in [0.717, 1.165) is 5.92 Å². The highest BCUT2D eigenvalue weighted by Crippen LogP contribution is 2.37. The van der Waals surface area contributed by atoms with E-state index < -0.39 is 0 Å². The van der Waals surface area contributed by atoms with E-state index in [1.807, 2.05) is 0 Å².